The molecule has 144 valence electrons. The zero-order chi connectivity index (χ0) is 19.2. The molecule has 0 unspecified atom stereocenters. The zero-order valence-corrected chi connectivity index (χ0v) is 16.8. The normalized spacial score (nSPS) is 14.9. The van der Waals surface area contributed by atoms with Crippen LogP contribution in [0.4, 0.5) is 11.4 Å². The van der Waals surface area contributed by atoms with Crippen LogP contribution >= 0.6 is 23.2 Å². The number of hydrogen-bond donors (Lipinski definition) is 1. The monoisotopic (exact) mass is 407 g/mol. The molecule has 0 atom stereocenters. The molecule has 1 N–H and O–H groups in total. The van der Waals surface area contributed by atoms with Crippen LogP contribution < -0.4 is 15.0 Å². The number of carbonyl (C=O) groups is 1. The number of rotatable bonds is 6. The molecule has 5 nitrogen and oxygen atoms in total. The van der Waals surface area contributed by atoms with Gasteiger partial charge in [-0.05, 0) is 37.3 Å². The van der Waals surface area contributed by atoms with Gasteiger partial charge in [-0.25, -0.2) is 0 Å². The zero-order valence-electron chi connectivity index (χ0n) is 15.3. The van der Waals surface area contributed by atoms with Gasteiger partial charge in [-0.15, -0.1) is 0 Å². The van der Waals surface area contributed by atoms with Gasteiger partial charge in [0.05, 0.1) is 29.5 Å². The van der Waals surface area contributed by atoms with Crippen molar-refractivity contribution >= 4 is 40.5 Å². The smallest absolute Gasteiger partial charge is 0.238 e. The number of halogens is 2. The summed E-state index contributed by atoms with van der Waals surface area (Å²) in [5, 5.41) is 3.83. The van der Waals surface area contributed by atoms with E-state index >= 15 is 0 Å². The van der Waals surface area contributed by atoms with E-state index in [-0.39, 0.29) is 5.91 Å². The van der Waals surface area contributed by atoms with E-state index in [1.807, 2.05) is 25.1 Å². The molecule has 7 heteroatoms. The predicted octanol–water partition coefficient (Wildman–Crippen LogP) is 4.15. The fraction of sp³-hybridized carbons (Fsp3) is 0.350. The molecule has 2 aromatic carbocycles. The van der Waals surface area contributed by atoms with Crippen LogP contribution in [0.5, 0.6) is 5.75 Å². The quantitative estimate of drug-likeness (QED) is 0.780. The van der Waals surface area contributed by atoms with E-state index in [9.17, 15) is 4.79 Å². The summed E-state index contributed by atoms with van der Waals surface area (Å²) in [5.74, 6) is 0.825. The first kappa shape index (κ1) is 19.8. The topological polar surface area (TPSA) is 44.8 Å². The summed E-state index contributed by atoms with van der Waals surface area (Å²) in [4.78, 5) is 16.8. The Labute approximate surface area is 169 Å². The maximum atomic E-state index is 12.3. The Hall–Kier alpha value is -1.95. The largest absolute Gasteiger partial charge is 0.492 e. The Balaban J connectivity index is 1.53. The van der Waals surface area contributed by atoms with Gasteiger partial charge < -0.3 is 15.0 Å². The molecule has 0 aliphatic carbocycles. The molecule has 0 aromatic heterocycles. The number of anilines is 2. The Morgan fingerprint density at radius 3 is 2.56 bits per heavy atom. The number of hydrogen-bond acceptors (Lipinski definition) is 4. The Morgan fingerprint density at radius 2 is 1.85 bits per heavy atom. The Bertz CT molecular complexity index is 793. The number of amides is 1. The third-order valence-corrected chi connectivity index (χ3v) is 5.00. The molecule has 0 spiro atoms. The first-order valence-corrected chi connectivity index (χ1v) is 9.76. The summed E-state index contributed by atoms with van der Waals surface area (Å²) in [5.41, 5.74) is 1.69. The maximum Gasteiger partial charge on any atom is 0.238 e. The summed E-state index contributed by atoms with van der Waals surface area (Å²) in [6.45, 7) is 6.27. The first-order valence-electron chi connectivity index (χ1n) is 9.01. The summed E-state index contributed by atoms with van der Waals surface area (Å²) < 4.78 is 5.73. The summed E-state index contributed by atoms with van der Waals surface area (Å²) in [7, 11) is 0. The number of ether oxygens (including phenoxy) is 1. The van der Waals surface area contributed by atoms with Crippen molar-refractivity contribution in [3.63, 3.8) is 0 Å². The fourth-order valence-electron chi connectivity index (χ4n) is 3.13. The lowest BCUT2D eigenvalue weighted by molar-refractivity contribution is -0.117. The van der Waals surface area contributed by atoms with Crippen LogP contribution in [0.3, 0.4) is 0 Å². The van der Waals surface area contributed by atoms with Gasteiger partial charge in [-0.2, -0.15) is 0 Å². The summed E-state index contributed by atoms with van der Waals surface area (Å²) >= 11 is 12.0. The van der Waals surface area contributed by atoms with Gasteiger partial charge in [0, 0.05) is 31.2 Å². The van der Waals surface area contributed by atoms with Crippen LogP contribution in [-0.2, 0) is 4.79 Å². The molecule has 27 heavy (non-hydrogen) atoms. The molecule has 0 saturated carbocycles. The molecule has 1 aliphatic rings. The minimum absolute atomic E-state index is 0.0811. The molecule has 0 radical (unpaired) electrons. The molecule has 3 rings (SSSR count). The van der Waals surface area contributed by atoms with E-state index in [1.54, 1.807) is 18.2 Å². The number of nitrogens with one attached hydrogen (secondary N) is 1. The number of piperazine rings is 1. The number of para-hydroxylation sites is 2. The lowest BCUT2D eigenvalue weighted by Gasteiger charge is -2.36. The summed E-state index contributed by atoms with van der Waals surface area (Å²) in [6.07, 6.45) is 0. The van der Waals surface area contributed by atoms with Gasteiger partial charge in [0.25, 0.3) is 0 Å². The van der Waals surface area contributed by atoms with Crippen molar-refractivity contribution in [2.75, 3.05) is 49.5 Å². The molecule has 2 aromatic rings. The van der Waals surface area contributed by atoms with Gasteiger partial charge in [0.2, 0.25) is 5.91 Å². The maximum absolute atomic E-state index is 12.3. The van der Waals surface area contributed by atoms with Crippen molar-refractivity contribution in [2.24, 2.45) is 0 Å². The third-order valence-electron chi connectivity index (χ3n) is 4.45. The Kier molecular flexibility index (Phi) is 6.83. The SMILES string of the molecule is CCOc1ccccc1N1CCN(CC(=O)Nc2ccc(Cl)cc2Cl)CC1. The lowest BCUT2D eigenvalue weighted by Crippen LogP contribution is -2.48. The third kappa shape index (κ3) is 5.28. The lowest BCUT2D eigenvalue weighted by atomic mass is 10.2. The van der Waals surface area contributed by atoms with Crippen LogP contribution in [0.15, 0.2) is 42.5 Å². The minimum Gasteiger partial charge on any atom is -0.492 e. The van der Waals surface area contributed by atoms with Gasteiger partial charge in [-0.1, -0.05) is 35.3 Å². The number of benzene rings is 2. The molecule has 1 aliphatic heterocycles. The van der Waals surface area contributed by atoms with E-state index in [1.165, 1.54) is 0 Å². The van der Waals surface area contributed by atoms with Crippen molar-refractivity contribution in [3.8, 4) is 5.75 Å². The highest BCUT2D eigenvalue weighted by molar-refractivity contribution is 6.36. The molecule has 1 amide bonds. The van der Waals surface area contributed by atoms with Crippen LogP contribution in [0.2, 0.25) is 10.0 Å². The molecular weight excluding hydrogens is 385 g/mol. The molecule has 1 fully saturated rings. The fourth-order valence-corrected chi connectivity index (χ4v) is 3.58. The average molecular weight is 408 g/mol. The average Bonchev–Trinajstić information content (AvgIpc) is 2.65. The predicted molar refractivity (Wildman–Crippen MR) is 111 cm³/mol. The molecule has 1 heterocycles. The van der Waals surface area contributed by atoms with Crippen LogP contribution in [-0.4, -0.2) is 50.1 Å². The van der Waals surface area contributed by atoms with Gasteiger partial charge >= 0.3 is 0 Å². The standard InChI is InChI=1S/C20H23Cl2N3O2/c1-2-27-19-6-4-3-5-18(19)25-11-9-24(10-12-25)14-20(26)23-17-8-7-15(21)13-16(17)22/h3-8,13H,2,9-12,14H2,1H3,(H,23,26). The van der Waals surface area contributed by atoms with Crippen LogP contribution in [0.1, 0.15) is 6.92 Å². The van der Waals surface area contributed by atoms with Crippen molar-refractivity contribution in [3.05, 3.63) is 52.5 Å². The highest BCUT2D eigenvalue weighted by Crippen LogP contribution is 2.29. The van der Waals surface area contributed by atoms with Crippen molar-refractivity contribution in [1.82, 2.24) is 4.90 Å². The minimum atomic E-state index is -0.0811. The van der Waals surface area contributed by atoms with E-state index in [4.69, 9.17) is 27.9 Å². The van der Waals surface area contributed by atoms with Gasteiger partial charge in [-0.3, -0.25) is 9.69 Å². The highest BCUT2D eigenvalue weighted by Gasteiger charge is 2.21. The van der Waals surface area contributed by atoms with E-state index in [2.05, 4.69) is 21.2 Å². The van der Waals surface area contributed by atoms with Gasteiger partial charge in [0.1, 0.15) is 5.75 Å². The second-order valence-corrected chi connectivity index (χ2v) is 7.18. The van der Waals surface area contributed by atoms with Crippen LogP contribution in [0.25, 0.3) is 0 Å². The molecule has 1 saturated heterocycles. The van der Waals surface area contributed by atoms with Crippen LogP contribution in [0, 0.1) is 0 Å². The molecule has 0 bridgehead atoms. The Morgan fingerprint density at radius 1 is 1.11 bits per heavy atom. The highest BCUT2D eigenvalue weighted by atomic mass is 35.5. The van der Waals surface area contributed by atoms with E-state index in [0.717, 1.165) is 37.6 Å². The van der Waals surface area contributed by atoms with Crippen molar-refractivity contribution in [2.45, 2.75) is 6.92 Å². The van der Waals surface area contributed by atoms with Crippen molar-refractivity contribution in [1.29, 1.82) is 0 Å². The second-order valence-electron chi connectivity index (χ2n) is 6.34. The number of carbonyl (C=O) groups excluding carboxylic acids is 1. The number of nitrogens with zero attached hydrogens (tertiary/aromatic N) is 2. The second kappa shape index (κ2) is 9.31. The van der Waals surface area contributed by atoms with E-state index < -0.39 is 0 Å². The molecular formula is C20H23Cl2N3O2. The van der Waals surface area contributed by atoms with Crippen molar-refractivity contribution < 1.29 is 9.53 Å². The van der Waals surface area contributed by atoms with Gasteiger partial charge in [0.15, 0.2) is 0 Å². The first-order chi connectivity index (χ1) is 13.1. The summed E-state index contributed by atoms with van der Waals surface area (Å²) in [6, 6.07) is 13.1. The van der Waals surface area contributed by atoms with E-state index in [0.29, 0.717) is 28.9 Å².